The Bertz CT molecular complexity index is 1130. The van der Waals surface area contributed by atoms with E-state index in [9.17, 15) is 9.18 Å². The number of imidazole rings is 2. The number of aryl methyl sites for hydroxylation is 1. The van der Waals surface area contributed by atoms with E-state index in [1.165, 1.54) is 12.1 Å². The summed E-state index contributed by atoms with van der Waals surface area (Å²) >= 11 is 3.41. The number of fused-ring (bicyclic) bond motifs is 2. The average molecular weight is 416 g/mol. The molecule has 0 bridgehead atoms. The van der Waals surface area contributed by atoms with Gasteiger partial charge in [0.2, 0.25) is 0 Å². The average Bonchev–Trinajstić information content (AvgIpc) is 3.13. The van der Waals surface area contributed by atoms with Gasteiger partial charge in [0, 0.05) is 23.6 Å². The number of pyridine rings is 1. The van der Waals surface area contributed by atoms with Gasteiger partial charge in [0.15, 0.2) is 0 Å². The molecule has 0 unspecified atom stereocenters. The van der Waals surface area contributed by atoms with E-state index in [1.807, 2.05) is 25.3 Å². The summed E-state index contributed by atoms with van der Waals surface area (Å²) in [6, 6.07) is 8.14. The fourth-order valence-corrected chi connectivity index (χ4v) is 3.28. The fourth-order valence-electron chi connectivity index (χ4n) is 2.94. The van der Waals surface area contributed by atoms with E-state index in [0.717, 1.165) is 10.1 Å². The summed E-state index contributed by atoms with van der Waals surface area (Å²) in [7, 11) is 0. The van der Waals surface area contributed by atoms with Gasteiger partial charge in [-0.3, -0.25) is 9.20 Å². The van der Waals surface area contributed by atoms with Crippen molar-refractivity contribution in [3.63, 3.8) is 0 Å². The minimum atomic E-state index is -0.310. The predicted molar refractivity (Wildman–Crippen MR) is 99.7 cm³/mol. The molecule has 0 spiro atoms. The SMILES string of the molecule is Cc1nc2ccc(Br)cn2c1C(=O)NCCc1nc2ccc(F)cc2[nH]1. The first-order valence-electron chi connectivity index (χ1n) is 8.08. The Hall–Kier alpha value is -2.74. The second-order valence-corrected chi connectivity index (χ2v) is 6.89. The van der Waals surface area contributed by atoms with Gasteiger partial charge >= 0.3 is 0 Å². The van der Waals surface area contributed by atoms with E-state index < -0.39 is 0 Å². The number of halogens is 2. The van der Waals surface area contributed by atoms with Crippen LogP contribution in [0.5, 0.6) is 0 Å². The number of amides is 1. The van der Waals surface area contributed by atoms with Gasteiger partial charge in [-0.15, -0.1) is 0 Å². The molecule has 0 aliphatic carbocycles. The summed E-state index contributed by atoms with van der Waals surface area (Å²) in [6.45, 7) is 2.21. The Labute approximate surface area is 156 Å². The number of carbonyl (C=O) groups excluding carboxylic acids is 1. The maximum Gasteiger partial charge on any atom is 0.270 e. The first-order valence-corrected chi connectivity index (χ1v) is 8.87. The number of hydrogen-bond donors (Lipinski definition) is 2. The quantitative estimate of drug-likeness (QED) is 0.536. The van der Waals surface area contributed by atoms with Crippen LogP contribution in [0.15, 0.2) is 41.0 Å². The Morgan fingerprint density at radius 1 is 1.31 bits per heavy atom. The molecule has 0 aliphatic heterocycles. The van der Waals surface area contributed by atoms with Crippen molar-refractivity contribution in [3.8, 4) is 0 Å². The monoisotopic (exact) mass is 415 g/mol. The maximum absolute atomic E-state index is 13.2. The van der Waals surface area contributed by atoms with Gasteiger partial charge in [-0.1, -0.05) is 0 Å². The molecule has 0 fully saturated rings. The minimum absolute atomic E-state index is 0.199. The van der Waals surface area contributed by atoms with Crippen LogP contribution in [0.3, 0.4) is 0 Å². The van der Waals surface area contributed by atoms with Crippen molar-refractivity contribution in [2.45, 2.75) is 13.3 Å². The highest BCUT2D eigenvalue weighted by atomic mass is 79.9. The van der Waals surface area contributed by atoms with Crippen LogP contribution < -0.4 is 5.32 Å². The van der Waals surface area contributed by atoms with E-state index in [0.29, 0.717) is 41.2 Å². The van der Waals surface area contributed by atoms with Gasteiger partial charge in [0.25, 0.3) is 5.91 Å². The second kappa shape index (κ2) is 6.53. The smallest absolute Gasteiger partial charge is 0.270 e. The molecule has 132 valence electrons. The Morgan fingerprint density at radius 3 is 3.00 bits per heavy atom. The lowest BCUT2D eigenvalue weighted by Gasteiger charge is -2.05. The zero-order valence-electron chi connectivity index (χ0n) is 13.9. The highest BCUT2D eigenvalue weighted by Gasteiger charge is 2.16. The van der Waals surface area contributed by atoms with Crippen LogP contribution in [0.4, 0.5) is 4.39 Å². The van der Waals surface area contributed by atoms with Crippen LogP contribution in [0.25, 0.3) is 16.7 Å². The number of nitrogens with zero attached hydrogens (tertiary/aromatic N) is 3. The topological polar surface area (TPSA) is 75.1 Å². The molecule has 0 saturated carbocycles. The Kier molecular flexibility index (Phi) is 4.20. The first kappa shape index (κ1) is 16.7. The normalized spacial score (nSPS) is 11.3. The number of rotatable bonds is 4. The summed E-state index contributed by atoms with van der Waals surface area (Å²) < 4.78 is 15.9. The van der Waals surface area contributed by atoms with Crippen molar-refractivity contribution in [3.05, 3.63) is 64.0 Å². The molecule has 6 nitrogen and oxygen atoms in total. The van der Waals surface area contributed by atoms with E-state index in [2.05, 4.69) is 36.2 Å². The molecule has 4 rings (SSSR count). The van der Waals surface area contributed by atoms with Crippen LogP contribution in [0.2, 0.25) is 0 Å². The molecule has 0 atom stereocenters. The standard InChI is InChI=1S/C18H15BrFN5O/c1-10-17(25-9-11(19)2-5-16(25)22-10)18(26)21-7-6-15-23-13-4-3-12(20)8-14(13)24-15/h2-5,8-9H,6-7H2,1H3,(H,21,26)(H,23,24). The Balaban J connectivity index is 1.48. The number of aromatic nitrogens is 4. The molecule has 3 heterocycles. The first-order chi connectivity index (χ1) is 12.5. The fraction of sp³-hybridized carbons (Fsp3) is 0.167. The zero-order chi connectivity index (χ0) is 18.3. The van der Waals surface area contributed by atoms with E-state index >= 15 is 0 Å². The summed E-state index contributed by atoms with van der Waals surface area (Å²) in [6.07, 6.45) is 2.33. The van der Waals surface area contributed by atoms with E-state index in [1.54, 1.807) is 10.5 Å². The number of carbonyl (C=O) groups is 1. The van der Waals surface area contributed by atoms with E-state index in [4.69, 9.17) is 0 Å². The van der Waals surface area contributed by atoms with Crippen molar-refractivity contribution in [1.82, 2.24) is 24.7 Å². The summed E-state index contributed by atoms with van der Waals surface area (Å²) in [5.41, 5.74) is 3.24. The van der Waals surface area contributed by atoms with Gasteiger partial charge in [-0.2, -0.15) is 0 Å². The van der Waals surface area contributed by atoms with Gasteiger partial charge in [-0.05, 0) is 53.2 Å². The molecule has 2 N–H and O–H groups in total. The van der Waals surface area contributed by atoms with Crippen LogP contribution in [-0.4, -0.2) is 31.8 Å². The molecule has 1 aromatic carbocycles. The minimum Gasteiger partial charge on any atom is -0.350 e. The van der Waals surface area contributed by atoms with Gasteiger partial charge in [0.05, 0.1) is 16.7 Å². The van der Waals surface area contributed by atoms with Crippen LogP contribution >= 0.6 is 15.9 Å². The molecule has 0 aliphatic rings. The second-order valence-electron chi connectivity index (χ2n) is 5.97. The van der Waals surface area contributed by atoms with Crippen LogP contribution in [-0.2, 0) is 6.42 Å². The maximum atomic E-state index is 13.2. The highest BCUT2D eigenvalue weighted by Crippen LogP contribution is 2.17. The van der Waals surface area contributed by atoms with E-state index in [-0.39, 0.29) is 11.7 Å². The molecule has 4 aromatic rings. The summed E-state index contributed by atoms with van der Waals surface area (Å²) in [5.74, 6) is 0.189. The predicted octanol–water partition coefficient (Wildman–Crippen LogP) is 3.39. The van der Waals surface area contributed by atoms with Crippen molar-refractivity contribution in [1.29, 1.82) is 0 Å². The molecule has 1 amide bonds. The van der Waals surface area contributed by atoms with Crippen molar-refractivity contribution in [2.24, 2.45) is 0 Å². The lowest BCUT2D eigenvalue weighted by atomic mass is 10.3. The largest absolute Gasteiger partial charge is 0.350 e. The number of nitrogens with one attached hydrogen (secondary N) is 2. The summed E-state index contributed by atoms with van der Waals surface area (Å²) in [4.78, 5) is 24.5. The highest BCUT2D eigenvalue weighted by molar-refractivity contribution is 9.10. The molecule has 0 radical (unpaired) electrons. The van der Waals surface area contributed by atoms with Gasteiger partial charge < -0.3 is 10.3 Å². The van der Waals surface area contributed by atoms with Crippen LogP contribution in [0, 0.1) is 12.7 Å². The lowest BCUT2D eigenvalue weighted by Crippen LogP contribution is -2.27. The molecule has 8 heteroatoms. The third-order valence-corrected chi connectivity index (χ3v) is 4.58. The van der Waals surface area contributed by atoms with Gasteiger partial charge in [0.1, 0.15) is 23.0 Å². The molecular formula is C18H15BrFN5O. The third-order valence-electron chi connectivity index (χ3n) is 4.11. The molecule has 0 saturated heterocycles. The molecular weight excluding hydrogens is 401 g/mol. The molecule has 26 heavy (non-hydrogen) atoms. The number of H-pyrrole nitrogens is 1. The van der Waals surface area contributed by atoms with Crippen LogP contribution in [0.1, 0.15) is 22.0 Å². The number of aromatic amines is 1. The number of benzene rings is 1. The van der Waals surface area contributed by atoms with Gasteiger partial charge in [-0.25, -0.2) is 14.4 Å². The molecule has 3 aromatic heterocycles. The van der Waals surface area contributed by atoms with Crippen molar-refractivity contribution >= 4 is 38.5 Å². The van der Waals surface area contributed by atoms with Crippen molar-refractivity contribution < 1.29 is 9.18 Å². The zero-order valence-corrected chi connectivity index (χ0v) is 15.5. The Morgan fingerprint density at radius 2 is 2.15 bits per heavy atom. The number of hydrogen-bond acceptors (Lipinski definition) is 3. The lowest BCUT2D eigenvalue weighted by molar-refractivity contribution is 0.0947. The van der Waals surface area contributed by atoms with Crippen molar-refractivity contribution in [2.75, 3.05) is 6.54 Å². The third kappa shape index (κ3) is 3.08. The summed E-state index contributed by atoms with van der Waals surface area (Å²) in [5, 5.41) is 2.89.